The van der Waals surface area contributed by atoms with E-state index in [4.69, 9.17) is 9.47 Å². The third-order valence-electron chi connectivity index (χ3n) is 3.97. The highest BCUT2D eigenvalue weighted by atomic mass is 32.2. The summed E-state index contributed by atoms with van der Waals surface area (Å²) in [4.78, 5) is -0.444. The van der Waals surface area contributed by atoms with Gasteiger partial charge in [0.1, 0.15) is 10.7 Å². The molecule has 0 amide bonds. The van der Waals surface area contributed by atoms with Crippen LogP contribution in [0.2, 0.25) is 0 Å². The van der Waals surface area contributed by atoms with Crippen LogP contribution in [0.5, 0.6) is 11.5 Å². The second kappa shape index (κ2) is 6.83. The number of rotatable bonds is 5. The third-order valence-corrected chi connectivity index (χ3v) is 5.09. The van der Waals surface area contributed by atoms with E-state index in [0.29, 0.717) is 23.7 Å². The van der Waals surface area contributed by atoms with Gasteiger partial charge in [0.2, 0.25) is 0 Å². The summed E-state index contributed by atoms with van der Waals surface area (Å²) in [5.74, 6) is -0.107. The number of piperidine rings is 1. The van der Waals surface area contributed by atoms with E-state index in [1.165, 1.54) is 20.3 Å². The van der Waals surface area contributed by atoms with Gasteiger partial charge in [0.25, 0.3) is 0 Å². The number of sulfone groups is 1. The van der Waals surface area contributed by atoms with Crippen molar-refractivity contribution in [3.8, 4) is 11.5 Å². The van der Waals surface area contributed by atoms with Crippen molar-refractivity contribution in [3.63, 3.8) is 0 Å². The second-order valence-corrected chi connectivity index (χ2v) is 7.54. The number of benzene rings is 1. The zero-order valence-electron chi connectivity index (χ0n) is 13.1. The molecular formula is C15H22FNO4S. The topological polar surface area (TPSA) is 64.6 Å². The molecule has 7 heteroatoms. The van der Waals surface area contributed by atoms with Crippen LogP contribution in [-0.4, -0.2) is 42.0 Å². The van der Waals surface area contributed by atoms with Crippen molar-refractivity contribution in [1.29, 1.82) is 0 Å². The average Bonchev–Trinajstić information content (AvgIpc) is 2.46. The lowest BCUT2D eigenvalue weighted by Gasteiger charge is -2.24. The minimum absolute atomic E-state index is 0.0473. The fraction of sp³-hybridized carbons (Fsp3) is 0.600. The summed E-state index contributed by atoms with van der Waals surface area (Å²) in [6.45, 7) is 1.88. The summed E-state index contributed by atoms with van der Waals surface area (Å²) in [6, 6.07) is 1.26. The molecule has 0 unspecified atom stereocenters. The van der Waals surface area contributed by atoms with Crippen molar-refractivity contribution in [2.75, 3.05) is 33.6 Å². The molecule has 2 rings (SSSR count). The van der Waals surface area contributed by atoms with Gasteiger partial charge in [-0.3, -0.25) is 0 Å². The van der Waals surface area contributed by atoms with E-state index in [0.717, 1.165) is 32.2 Å². The molecule has 1 aromatic rings. The molecule has 1 saturated heterocycles. The molecule has 1 aliphatic rings. The van der Waals surface area contributed by atoms with Gasteiger partial charge < -0.3 is 14.8 Å². The number of halogens is 1. The van der Waals surface area contributed by atoms with Crippen molar-refractivity contribution < 1.29 is 22.3 Å². The normalized spacial score (nSPS) is 16.5. The number of ether oxygens (including phenoxy) is 2. The fourth-order valence-corrected chi connectivity index (χ4v) is 3.87. The van der Waals surface area contributed by atoms with Gasteiger partial charge in [-0.1, -0.05) is 0 Å². The highest BCUT2D eigenvalue weighted by molar-refractivity contribution is 7.90. The molecule has 1 aromatic carbocycles. The first-order valence-electron chi connectivity index (χ1n) is 7.22. The Labute approximate surface area is 130 Å². The molecule has 0 spiro atoms. The summed E-state index contributed by atoms with van der Waals surface area (Å²) < 4.78 is 48.5. The molecular weight excluding hydrogens is 309 g/mol. The molecule has 1 fully saturated rings. The molecule has 1 aliphatic heterocycles. The Morgan fingerprint density at radius 2 is 1.82 bits per heavy atom. The summed E-state index contributed by atoms with van der Waals surface area (Å²) in [6.07, 6.45) is 3.60. The van der Waals surface area contributed by atoms with Crippen LogP contribution in [0, 0.1) is 11.7 Å². The quantitative estimate of drug-likeness (QED) is 0.891. The van der Waals surface area contributed by atoms with E-state index in [1.54, 1.807) is 0 Å². The summed E-state index contributed by atoms with van der Waals surface area (Å²) in [5, 5.41) is 3.28. The number of hydrogen-bond donors (Lipinski definition) is 1. The molecule has 5 nitrogen and oxygen atoms in total. The van der Waals surface area contributed by atoms with Gasteiger partial charge >= 0.3 is 0 Å². The number of hydrogen-bond acceptors (Lipinski definition) is 5. The first-order valence-corrected chi connectivity index (χ1v) is 9.11. The maximum absolute atomic E-state index is 14.3. The molecule has 1 heterocycles. The van der Waals surface area contributed by atoms with Crippen LogP contribution < -0.4 is 14.8 Å². The highest BCUT2D eigenvalue weighted by Gasteiger charge is 2.28. The molecule has 22 heavy (non-hydrogen) atoms. The van der Waals surface area contributed by atoms with Crippen LogP contribution in [0.1, 0.15) is 18.4 Å². The predicted molar refractivity (Wildman–Crippen MR) is 81.9 cm³/mol. The molecule has 0 aromatic heterocycles. The van der Waals surface area contributed by atoms with E-state index in [2.05, 4.69) is 5.32 Å². The molecule has 0 aliphatic carbocycles. The molecule has 124 valence electrons. The van der Waals surface area contributed by atoms with Gasteiger partial charge in [0, 0.05) is 11.8 Å². The van der Waals surface area contributed by atoms with Crippen molar-refractivity contribution in [3.05, 3.63) is 17.4 Å². The Morgan fingerprint density at radius 1 is 1.23 bits per heavy atom. The van der Waals surface area contributed by atoms with Gasteiger partial charge in [-0.25, -0.2) is 12.8 Å². The minimum atomic E-state index is -3.75. The Balaban J connectivity index is 2.49. The van der Waals surface area contributed by atoms with Gasteiger partial charge in [-0.15, -0.1) is 0 Å². The lowest BCUT2D eigenvalue weighted by molar-refractivity contribution is 0.328. The van der Waals surface area contributed by atoms with Crippen LogP contribution in [-0.2, 0) is 16.3 Å². The van der Waals surface area contributed by atoms with Crippen LogP contribution in [0.3, 0.4) is 0 Å². The van der Waals surface area contributed by atoms with Crippen LogP contribution in [0.4, 0.5) is 4.39 Å². The van der Waals surface area contributed by atoms with Crippen molar-refractivity contribution >= 4 is 9.84 Å². The minimum Gasteiger partial charge on any atom is -0.493 e. The van der Waals surface area contributed by atoms with Crippen LogP contribution in [0.15, 0.2) is 11.0 Å². The zero-order chi connectivity index (χ0) is 16.3. The lowest BCUT2D eigenvalue weighted by Crippen LogP contribution is -2.28. The monoisotopic (exact) mass is 331 g/mol. The van der Waals surface area contributed by atoms with Crippen molar-refractivity contribution in [2.24, 2.45) is 5.92 Å². The van der Waals surface area contributed by atoms with Gasteiger partial charge in [0.05, 0.1) is 14.2 Å². The molecule has 0 bridgehead atoms. The largest absolute Gasteiger partial charge is 0.493 e. The smallest absolute Gasteiger partial charge is 0.182 e. The fourth-order valence-electron chi connectivity index (χ4n) is 2.94. The van der Waals surface area contributed by atoms with E-state index in [-0.39, 0.29) is 5.75 Å². The Hall–Kier alpha value is -1.34. The summed E-state index contributed by atoms with van der Waals surface area (Å²) in [7, 11) is -0.991. The zero-order valence-corrected chi connectivity index (χ0v) is 13.9. The van der Waals surface area contributed by atoms with E-state index in [1.807, 2.05) is 0 Å². The maximum Gasteiger partial charge on any atom is 0.182 e. The van der Waals surface area contributed by atoms with E-state index in [9.17, 15) is 12.8 Å². The maximum atomic E-state index is 14.3. The average molecular weight is 331 g/mol. The SMILES string of the molecule is COc1c(CC2CCNCC2)cc(F)c(S(C)(=O)=O)c1OC. The van der Waals surface area contributed by atoms with E-state index < -0.39 is 20.5 Å². The van der Waals surface area contributed by atoms with Gasteiger partial charge in [-0.2, -0.15) is 0 Å². The van der Waals surface area contributed by atoms with E-state index >= 15 is 0 Å². The van der Waals surface area contributed by atoms with Crippen LogP contribution >= 0.6 is 0 Å². The second-order valence-electron chi connectivity index (χ2n) is 5.58. The van der Waals surface area contributed by atoms with Crippen molar-refractivity contribution in [1.82, 2.24) is 5.32 Å². The standard InChI is InChI=1S/C15H22FNO4S/c1-20-13-11(8-10-4-6-17-7-5-10)9-12(16)15(14(13)21-2)22(3,18)19/h9-10,17H,4-8H2,1-3H3. The van der Waals surface area contributed by atoms with Crippen molar-refractivity contribution in [2.45, 2.75) is 24.2 Å². The van der Waals surface area contributed by atoms with Gasteiger partial charge in [-0.05, 0) is 44.3 Å². The number of nitrogens with one attached hydrogen (secondary N) is 1. The molecule has 0 saturated carbocycles. The third kappa shape index (κ3) is 3.52. The van der Waals surface area contributed by atoms with Gasteiger partial charge in [0.15, 0.2) is 21.3 Å². The molecule has 0 radical (unpaired) electrons. The lowest BCUT2D eigenvalue weighted by atomic mass is 9.90. The molecule has 0 atom stereocenters. The van der Waals surface area contributed by atoms with Crippen LogP contribution in [0.25, 0.3) is 0 Å². The molecule has 1 N–H and O–H groups in total. The number of methoxy groups -OCH3 is 2. The first-order chi connectivity index (χ1) is 10.4. The highest BCUT2D eigenvalue weighted by Crippen LogP contribution is 2.40. The Bertz CT molecular complexity index is 639. The Kier molecular flexibility index (Phi) is 5.28. The predicted octanol–water partition coefficient (Wildman–Crippen LogP) is 1.79. The summed E-state index contributed by atoms with van der Waals surface area (Å²) in [5.41, 5.74) is 0.649. The Morgan fingerprint density at radius 3 is 2.32 bits per heavy atom. The first kappa shape index (κ1) is 17.0. The summed E-state index contributed by atoms with van der Waals surface area (Å²) >= 11 is 0.